The molecule has 1 N–H and O–H groups in total. The van der Waals surface area contributed by atoms with Crippen LogP contribution >= 0.6 is 0 Å². The smallest absolute Gasteiger partial charge is 0.165 e. The van der Waals surface area contributed by atoms with E-state index in [-0.39, 0.29) is 17.3 Å². The molecule has 0 radical (unpaired) electrons. The molecule has 2 nitrogen and oxygen atoms in total. The first-order valence-electron chi connectivity index (χ1n) is 8.32. The molecule has 2 aliphatic carbocycles. The number of hydrogen-bond donors (Lipinski definition) is 1. The third-order valence-electron chi connectivity index (χ3n) is 5.32. The Hall–Kier alpha value is -1.09. The Morgan fingerprint density at radius 1 is 1.33 bits per heavy atom. The monoisotopic (exact) mass is 291 g/mol. The van der Waals surface area contributed by atoms with E-state index in [4.69, 9.17) is 4.74 Å². The molecule has 21 heavy (non-hydrogen) atoms. The molecular formula is C18H26FNO. The second kappa shape index (κ2) is 5.96. The fraction of sp³-hybridized carbons (Fsp3) is 0.667. The highest BCUT2D eigenvalue weighted by Crippen LogP contribution is 2.54. The topological polar surface area (TPSA) is 21.3 Å². The molecule has 1 spiro atoms. The Kier molecular flexibility index (Phi) is 4.21. The lowest BCUT2D eigenvalue weighted by Gasteiger charge is -2.54. The van der Waals surface area contributed by atoms with Gasteiger partial charge in [0.25, 0.3) is 0 Å². The van der Waals surface area contributed by atoms with Crippen molar-refractivity contribution in [3.05, 3.63) is 29.6 Å². The van der Waals surface area contributed by atoms with Crippen LogP contribution < -0.4 is 10.1 Å². The van der Waals surface area contributed by atoms with Crippen molar-refractivity contribution in [1.29, 1.82) is 0 Å². The van der Waals surface area contributed by atoms with Gasteiger partial charge in [-0.05, 0) is 50.4 Å². The lowest BCUT2D eigenvalue weighted by Crippen LogP contribution is -2.63. The van der Waals surface area contributed by atoms with Gasteiger partial charge in [0.05, 0.1) is 0 Å². The van der Waals surface area contributed by atoms with E-state index >= 15 is 0 Å². The van der Waals surface area contributed by atoms with Crippen LogP contribution in [-0.4, -0.2) is 18.7 Å². The summed E-state index contributed by atoms with van der Waals surface area (Å²) in [4.78, 5) is 0. The number of aryl methyl sites for hydroxylation is 1. The van der Waals surface area contributed by atoms with E-state index in [9.17, 15) is 4.39 Å². The fourth-order valence-electron chi connectivity index (χ4n) is 4.08. The van der Waals surface area contributed by atoms with Gasteiger partial charge in [0.1, 0.15) is 6.10 Å². The van der Waals surface area contributed by atoms with Crippen molar-refractivity contribution >= 4 is 0 Å². The van der Waals surface area contributed by atoms with Crippen molar-refractivity contribution < 1.29 is 9.13 Å². The van der Waals surface area contributed by atoms with E-state index in [2.05, 4.69) is 12.2 Å². The molecule has 0 amide bonds. The maximum absolute atomic E-state index is 13.9. The summed E-state index contributed by atoms with van der Waals surface area (Å²) in [5, 5.41) is 3.67. The predicted octanol–water partition coefficient (Wildman–Crippen LogP) is 4.21. The molecule has 2 saturated carbocycles. The fourth-order valence-corrected chi connectivity index (χ4v) is 4.08. The minimum absolute atomic E-state index is 0.172. The summed E-state index contributed by atoms with van der Waals surface area (Å²) in [5.41, 5.74) is 1.29. The van der Waals surface area contributed by atoms with E-state index in [1.54, 1.807) is 6.07 Å². The minimum atomic E-state index is -0.237. The van der Waals surface area contributed by atoms with E-state index < -0.39 is 0 Å². The van der Waals surface area contributed by atoms with Crippen molar-refractivity contribution in [2.75, 3.05) is 6.54 Å². The van der Waals surface area contributed by atoms with Crippen LogP contribution in [0.25, 0.3) is 0 Å². The first-order chi connectivity index (χ1) is 10.2. The standard InChI is InChI=1S/C18H26FNO/c1-3-10-20-16-12-17(18(16)8-4-5-9-18)21-15-11-13(2)6-7-14(15)19/h6-7,11,16-17,20H,3-5,8-10,12H2,1-2H3. The summed E-state index contributed by atoms with van der Waals surface area (Å²) >= 11 is 0. The molecule has 3 heteroatoms. The van der Waals surface area contributed by atoms with E-state index in [0.717, 1.165) is 24.9 Å². The first kappa shape index (κ1) is 14.8. The van der Waals surface area contributed by atoms with Crippen molar-refractivity contribution in [2.24, 2.45) is 5.41 Å². The van der Waals surface area contributed by atoms with Gasteiger partial charge < -0.3 is 10.1 Å². The van der Waals surface area contributed by atoms with Crippen molar-refractivity contribution in [3.8, 4) is 5.75 Å². The summed E-state index contributed by atoms with van der Waals surface area (Å²) in [6.45, 7) is 5.24. The Labute approximate surface area is 127 Å². The van der Waals surface area contributed by atoms with Crippen LogP contribution in [0.2, 0.25) is 0 Å². The Bertz CT molecular complexity index is 496. The van der Waals surface area contributed by atoms with Crippen molar-refractivity contribution in [3.63, 3.8) is 0 Å². The van der Waals surface area contributed by atoms with E-state index in [1.807, 2.05) is 13.0 Å². The molecule has 2 fully saturated rings. The maximum Gasteiger partial charge on any atom is 0.165 e. The number of hydrogen-bond acceptors (Lipinski definition) is 2. The van der Waals surface area contributed by atoms with Gasteiger partial charge in [-0.3, -0.25) is 0 Å². The summed E-state index contributed by atoms with van der Waals surface area (Å²) < 4.78 is 20.0. The first-order valence-corrected chi connectivity index (χ1v) is 8.32. The molecule has 2 atom stereocenters. The molecule has 116 valence electrons. The number of halogens is 1. The Balaban J connectivity index is 1.72. The second-order valence-corrected chi connectivity index (χ2v) is 6.72. The lowest BCUT2D eigenvalue weighted by molar-refractivity contribution is -0.0774. The zero-order valence-electron chi connectivity index (χ0n) is 13.1. The van der Waals surface area contributed by atoms with Gasteiger partial charge in [-0.25, -0.2) is 4.39 Å². The van der Waals surface area contributed by atoms with Gasteiger partial charge in [-0.1, -0.05) is 25.8 Å². The highest BCUT2D eigenvalue weighted by atomic mass is 19.1. The molecule has 0 saturated heterocycles. The Morgan fingerprint density at radius 2 is 2.10 bits per heavy atom. The number of rotatable bonds is 5. The Morgan fingerprint density at radius 3 is 2.81 bits per heavy atom. The molecule has 0 aromatic heterocycles. The van der Waals surface area contributed by atoms with Gasteiger partial charge in [-0.2, -0.15) is 0 Å². The SMILES string of the molecule is CCCNC1CC(Oc2cc(C)ccc2F)C12CCCC2. The zero-order valence-corrected chi connectivity index (χ0v) is 13.1. The van der Waals surface area contributed by atoms with Crippen LogP contribution in [0.15, 0.2) is 18.2 Å². The predicted molar refractivity (Wildman–Crippen MR) is 83.2 cm³/mol. The van der Waals surface area contributed by atoms with Crippen LogP contribution in [-0.2, 0) is 0 Å². The maximum atomic E-state index is 13.9. The lowest BCUT2D eigenvalue weighted by atomic mass is 9.60. The van der Waals surface area contributed by atoms with Crippen LogP contribution in [0.5, 0.6) is 5.75 Å². The molecule has 2 unspecified atom stereocenters. The van der Waals surface area contributed by atoms with Crippen molar-refractivity contribution in [2.45, 2.75) is 64.5 Å². The largest absolute Gasteiger partial charge is 0.487 e. The third-order valence-corrected chi connectivity index (χ3v) is 5.32. The second-order valence-electron chi connectivity index (χ2n) is 6.72. The molecule has 0 bridgehead atoms. The molecule has 1 aromatic carbocycles. The third kappa shape index (κ3) is 2.68. The van der Waals surface area contributed by atoms with Gasteiger partial charge in [0.15, 0.2) is 11.6 Å². The van der Waals surface area contributed by atoms with Crippen LogP contribution in [0.3, 0.4) is 0 Å². The van der Waals surface area contributed by atoms with Gasteiger partial charge >= 0.3 is 0 Å². The summed E-state index contributed by atoms with van der Waals surface area (Å²) in [6.07, 6.45) is 7.32. The van der Waals surface area contributed by atoms with Crippen LogP contribution in [0.1, 0.15) is 51.0 Å². The molecule has 0 aliphatic heterocycles. The van der Waals surface area contributed by atoms with Gasteiger partial charge in [0, 0.05) is 17.9 Å². The summed E-state index contributed by atoms with van der Waals surface area (Å²) in [7, 11) is 0. The molecule has 1 aromatic rings. The average molecular weight is 291 g/mol. The number of benzene rings is 1. The van der Waals surface area contributed by atoms with Crippen LogP contribution in [0, 0.1) is 18.2 Å². The molecular weight excluding hydrogens is 265 g/mol. The average Bonchev–Trinajstić information content (AvgIpc) is 2.98. The highest BCUT2D eigenvalue weighted by molar-refractivity contribution is 5.30. The number of ether oxygens (including phenoxy) is 1. The highest BCUT2D eigenvalue weighted by Gasteiger charge is 2.57. The van der Waals surface area contributed by atoms with Crippen LogP contribution in [0.4, 0.5) is 4.39 Å². The summed E-state index contributed by atoms with van der Waals surface area (Å²) in [5.74, 6) is 0.193. The summed E-state index contributed by atoms with van der Waals surface area (Å²) in [6, 6.07) is 5.68. The quantitative estimate of drug-likeness (QED) is 0.877. The van der Waals surface area contributed by atoms with E-state index in [0.29, 0.717) is 11.8 Å². The minimum Gasteiger partial charge on any atom is -0.487 e. The zero-order chi connectivity index (χ0) is 14.9. The van der Waals surface area contributed by atoms with Gasteiger partial charge in [0.2, 0.25) is 0 Å². The van der Waals surface area contributed by atoms with E-state index in [1.165, 1.54) is 31.7 Å². The number of nitrogens with one attached hydrogen (secondary N) is 1. The molecule has 2 aliphatic rings. The molecule has 0 heterocycles. The van der Waals surface area contributed by atoms with Crippen molar-refractivity contribution in [1.82, 2.24) is 5.32 Å². The normalized spacial score (nSPS) is 26.8. The molecule has 3 rings (SSSR count). The van der Waals surface area contributed by atoms with Gasteiger partial charge in [-0.15, -0.1) is 0 Å².